The summed E-state index contributed by atoms with van der Waals surface area (Å²) in [6.07, 6.45) is 0. The zero-order chi connectivity index (χ0) is 10.6. The molecule has 0 saturated heterocycles. The lowest BCUT2D eigenvalue weighted by Crippen LogP contribution is -2.35. The summed E-state index contributed by atoms with van der Waals surface area (Å²) in [6, 6.07) is -0.732. The molecule has 0 radical (unpaired) electrons. The van der Waals surface area contributed by atoms with Crippen molar-refractivity contribution in [1.82, 2.24) is 0 Å². The first-order chi connectivity index (χ1) is 5.74. The summed E-state index contributed by atoms with van der Waals surface area (Å²) in [5.74, 6) is -2.36. The Balaban J connectivity index is 4.14. The summed E-state index contributed by atoms with van der Waals surface area (Å²) in [7, 11) is -4.62. The largest absolute Gasteiger partial charge is 0.481 e. The number of phosphoric acid groups is 1. The molecule has 0 heterocycles. The first kappa shape index (κ1) is 12.5. The van der Waals surface area contributed by atoms with Crippen molar-refractivity contribution in [2.75, 3.05) is 6.61 Å². The molecule has 0 amide bonds. The minimum Gasteiger partial charge on any atom is -0.481 e. The molecule has 0 fully saturated rings. The molecule has 0 bridgehead atoms. The molecule has 0 aromatic carbocycles. The SMILES string of the molecule is CC(N)C(COP(=O)(O)O)C(=O)O. The summed E-state index contributed by atoms with van der Waals surface area (Å²) >= 11 is 0. The van der Waals surface area contributed by atoms with Gasteiger partial charge in [-0.3, -0.25) is 9.32 Å². The first-order valence-corrected chi connectivity index (χ1v) is 4.95. The molecule has 2 unspecified atom stereocenters. The van der Waals surface area contributed by atoms with E-state index in [1.165, 1.54) is 6.92 Å². The molecule has 8 heteroatoms. The number of nitrogens with two attached hydrogens (primary N) is 1. The fourth-order valence-corrected chi connectivity index (χ4v) is 0.980. The average Bonchev–Trinajstić information content (AvgIpc) is 1.82. The smallest absolute Gasteiger partial charge is 0.469 e. The van der Waals surface area contributed by atoms with Gasteiger partial charge in [0.05, 0.1) is 12.5 Å². The van der Waals surface area contributed by atoms with Gasteiger partial charge in [-0.25, -0.2) is 4.57 Å². The topological polar surface area (TPSA) is 130 Å². The number of carbonyl (C=O) groups is 1. The molecule has 0 aromatic heterocycles. The molecule has 7 nitrogen and oxygen atoms in total. The van der Waals surface area contributed by atoms with Gasteiger partial charge in [-0.1, -0.05) is 0 Å². The molecule has 0 aromatic rings. The summed E-state index contributed by atoms with van der Waals surface area (Å²) in [4.78, 5) is 27.0. The van der Waals surface area contributed by atoms with Gasteiger partial charge >= 0.3 is 13.8 Å². The van der Waals surface area contributed by atoms with Crippen molar-refractivity contribution in [3.8, 4) is 0 Å². The number of carboxylic acid groups (broad SMARTS) is 1. The molecule has 2 atom stereocenters. The standard InChI is InChI=1S/C5H12NO6P/c1-3(6)4(5(7)8)2-12-13(9,10)11/h3-4H,2,6H2,1H3,(H,7,8)(H2,9,10,11). The van der Waals surface area contributed by atoms with E-state index in [-0.39, 0.29) is 0 Å². The van der Waals surface area contributed by atoms with Crippen molar-refractivity contribution in [2.45, 2.75) is 13.0 Å². The van der Waals surface area contributed by atoms with E-state index in [1.807, 2.05) is 0 Å². The zero-order valence-electron chi connectivity index (χ0n) is 6.95. The maximum absolute atomic E-state index is 10.4. The van der Waals surface area contributed by atoms with Gasteiger partial charge in [-0.15, -0.1) is 0 Å². The second-order valence-corrected chi connectivity index (χ2v) is 3.83. The normalized spacial score (nSPS) is 16.6. The van der Waals surface area contributed by atoms with Gasteiger partial charge in [0.1, 0.15) is 0 Å². The predicted octanol–water partition coefficient (Wildman–Crippen LogP) is -0.856. The number of aliphatic carboxylic acids is 1. The van der Waals surface area contributed by atoms with Gasteiger partial charge < -0.3 is 20.6 Å². The summed E-state index contributed by atoms with van der Waals surface area (Å²) in [5.41, 5.74) is 5.25. The second-order valence-electron chi connectivity index (χ2n) is 2.59. The number of rotatable bonds is 5. The monoisotopic (exact) mass is 213 g/mol. The molecular formula is C5H12NO6P. The fraction of sp³-hybridized carbons (Fsp3) is 0.800. The molecular weight excluding hydrogens is 201 g/mol. The fourth-order valence-electron chi connectivity index (χ4n) is 0.625. The highest BCUT2D eigenvalue weighted by molar-refractivity contribution is 7.46. The maximum atomic E-state index is 10.4. The lowest BCUT2D eigenvalue weighted by Gasteiger charge is -2.15. The average molecular weight is 213 g/mol. The highest BCUT2D eigenvalue weighted by atomic mass is 31.2. The van der Waals surface area contributed by atoms with E-state index < -0.39 is 32.4 Å². The molecule has 0 saturated carbocycles. The Kier molecular flexibility index (Phi) is 4.52. The highest BCUT2D eigenvalue weighted by Gasteiger charge is 2.26. The van der Waals surface area contributed by atoms with E-state index in [0.717, 1.165) is 0 Å². The minimum absolute atomic E-state index is 0.600. The highest BCUT2D eigenvalue weighted by Crippen LogP contribution is 2.36. The van der Waals surface area contributed by atoms with Gasteiger partial charge in [0, 0.05) is 6.04 Å². The Labute approximate surface area is 74.7 Å². The zero-order valence-corrected chi connectivity index (χ0v) is 7.85. The Morgan fingerprint density at radius 1 is 1.62 bits per heavy atom. The van der Waals surface area contributed by atoms with Crippen LogP contribution in [0.2, 0.25) is 0 Å². The van der Waals surface area contributed by atoms with E-state index in [4.69, 9.17) is 20.6 Å². The van der Waals surface area contributed by atoms with Crippen molar-refractivity contribution < 1.29 is 28.8 Å². The van der Waals surface area contributed by atoms with Crippen LogP contribution in [0.4, 0.5) is 0 Å². The third-order valence-corrected chi connectivity index (χ3v) is 1.86. The second kappa shape index (κ2) is 4.69. The summed E-state index contributed by atoms with van der Waals surface area (Å²) in [6.45, 7) is 0.819. The molecule has 13 heavy (non-hydrogen) atoms. The minimum atomic E-state index is -4.62. The van der Waals surface area contributed by atoms with Crippen molar-refractivity contribution in [3.05, 3.63) is 0 Å². The van der Waals surface area contributed by atoms with Crippen LogP contribution in [0.5, 0.6) is 0 Å². The van der Waals surface area contributed by atoms with Crippen molar-refractivity contribution in [2.24, 2.45) is 11.7 Å². The molecule has 0 aliphatic rings. The quantitative estimate of drug-likeness (QED) is 0.437. The molecule has 0 rings (SSSR count). The van der Waals surface area contributed by atoms with Gasteiger partial charge in [0.15, 0.2) is 0 Å². The third-order valence-electron chi connectivity index (χ3n) is 1.37. The van der Waals surface area contributed by atoms with E-state index in [1.54, 1.807) is 0 Å². The number of carboxylic acids is 1. The van der Waals surface area contributed by atoms with Crippen LogP contribution in [0, 0.1) is 5.92 Å². The lowest BCUT2D eigenvalue weighted by atomic mass is 10.0. The third kappa shape index (κ3) is 5.73. The van der Waals surface area contributed by atoms with Crippen LogP contribution >= 0.6 is 7.82 Å². The maximum Gasteiger partial charge on any atom is 0.469 e. The van der Waals surface area contributed by atoms with E-state index in [0.29, 0.717) is 0 Å². The Hall–Kier alpha value is -0.460. The van der Waals surface area contributed by atoms with Crippen molar-refractivity contribution >= 4 is 13.8 Å². The Bertz CT molecular complexity index is 223. The van der Waals surface area contributed by atoms with Crippen LogP contribution in [0.25, 0.3) is 0 Å². The van der Waals surface area contributed by atoms with Crippen LogP contribution in [-0.4, -0.2) is 33.5 Å². The van der Waals surface area contributed by atoms with Gasteiger partial charge in [-0.05, 0) is 6.92 Å². The summed E-state index contributed by atoms with van der Waals surface area (Å²) in [5, 5.41) is 8.53. The Morgan fingerprint density at radius 3 is 2.31 bits per heavy atom. The van der Waals surface area contributed by atoms with Crippen LogP contribution in [0.15, 0.2) is 0 Å². The predicted molar refractivity (Wildman–Crippen MR) is 42.8 cm³/mol. The van der Waals surface area contributed by atoms with Gasteiger partial charge in [0.2, 0.25) is 0 Å². The molecule has 0 spiro atoms. The van der Waals surface area contributed by atoms with Crippen molar-refractivity contribution in [3.63, 3.8) is 0 Å². The van der Waals surface area contributed by atoms with E-state index >= 15 is 0 Å². The van der Waals surface area contributed by atoms with Gasteiger partial charge in [0.25, 0.3) is 0 Å². The lowest BCUT2D eigenvalue weighted by molar-refractivity contribution is -0.143. The van der Waals surface area contributed by atoms with Gasteiger partial charge in [-0.2, -0.15) is 0 Å². The molecule has 0 aliphatic heterocycles. The number of phosphoric ester groups is 1. The van der Waals surface area contributed by atoms with E-state index in [2.05, 4.69) is 4.52 Å². The van der Waals surface area contributed by atoms with Crippen LogP contribution < -0.4 is 5.73 Å². The van der Waals surface area contributed by atoms with Crippen LogP contribution in [0.3, 0.4) is 0 Å². The van der Waals surface area contributed by atoms with Crippen LogP contribution in [0.1, 0.15) is 6.92 Å². The van der Waals surface area contributed by atoms with Crippen molar-refractivity contribution in [1.29, 1.82) is 0 Å². The number of hydrogen-bond donors (Lipinski definition) is 4. The molecule has 5 N–H and O–H groups in total. The summed E-state index contributed by atoms with van der Waals surface area (Å²) < 4.78 is 14.2. The van der Waals surface area contributed by atoms with Crippen LogP contribution in [-0.2, 0) is 13.9 Å². The molecule has 0 aliphatic carbocycles. The molecule has 78 valence electrons. The Morgan fingerprint density at radius 2 is 2.08 bits per heavy atom. The van der Waals surface area contributed by atoms with E-state index in [9.17, 15) is 9.36 Å². The first-order valence-electron chi connectivity index (χ1n) is 3.42. The number of hydrogen-bond acceptors (Lipinski definition) is 4.